The number of halogens is 2. The van der Waals surface area contributed by atoms with Gasteiger partial charge in [-0.1, -0.05) is 0 Å². The Morgan fingerprint density at radius 2 is 2.17 bits per heavy atom. The lowest BCUT2D eigenvalue weighted by atomic mass is 9.88. The number of piperidine rings is 1. The third-order valence-corrected chi connectivity index (χ3v) is 3.96. The lowest BCUT2D eigenvalue weighted by Gasteiger charge is -2.34. The molecule has 1 N–H and O–H groups in total. The number of rotatable bonds is 2. The molecule has 2 fully saturated rings. The third-order valence-electron chi connectivity index (χ3n) is 3.96. The van der Waals surface area contributed by atoms with Crippen LogP contribution in [0.4, 0.5) is 4.39 Å². The monoisotopic (exact) mass is 271 g/mol. The fourth-order valence-corrected chi connectivity index (χ4v) is 3.05. The van der Waals surface area contributed by atoms with Crippen molar-refractivity contribution >= 4 is 12.4 Å². The van der Waals surface area contributed by atoms with Gasteiger partial charge in [0.05, 0.1) is 6.20 Å². The third kappa shape index (κ3) is 2.99. The van der Waals surface area contributed by atoms with Crippen molar-refractivity contribution < 1.29 is 4.39 Å². The summed E-state index contributed by atoms with van der Waals surface area (Å²) in [4.78, 5) is 6.32. The molecule has 100 valence electrons. The van der Waals surface area contributed by atoms with Gasteiger partial charge in [0, 0.05) is 19.3 Å². The summed E-state index contributed by atoms with van der Waals surface area (Å²) in [5, 5.41) is 3.46. The number of fused-ring (bicyclic) bond motifs is 1. The second kappa shape index (κ2) is 5.95. The number of nitrogens with one attached hydrogen (secondary N) is 1. The van der Waals surface area contributed by atoms with E-state index in [1.54, 1.807) is 12.3 Å². The first-order valence-corrected chi connectivity index (χ1v) is 6.34. The van der Waals surface area contributed by atoms with Crippen molar-refractivity contribution in [3.63, 3.8) is 0 Å². The number of nitrogens with zero attached hydrogens (tertiary/aromatic N) is 2. The van der Waals surface area contributed by atoms with Crippen LogP contribution in [0.1, 0.15) is 12.0 Å². The molecule has 0 aromatic carbocycles. The van der Waals surface area contributed by atoms with E-state index in [1.807, 2.05) is 0 Å². The Bertz CT molecular complexity index is 402. The Morgan fingerprint density at radius 1 is 1.33 bits per heavy atom. The minimum Gasteiger partial charge on any atom is -0.316 e. The Labute approximate surface area is 113 Å². The predicted molar refractivity (Wildman–Crippen MR) is 71.2 cm³/mol. The standard InChI is InChI=1S/C13H18FN3.ClH/c14-13-3-10(4-15-7-13)8-17-2-1-11-5-16-6-12(11)9-17;/h3-4,7,11-12,16H,1-2,5-6,8-9H2;1H. The van der Waals surface area contributed by atoms with Gasteiger partial charge in [0.1, 0.15) is 5.82 Å². The van der Waals surface area contributed by atoms with Gasteiger partial charge >= 0.3 is 0 Å². The molecule has 0 radical (unpaired) electrons. The van der Waals surface area contributed by atoms with Crippen LogP contribution in [0.25, 0.3) is 0 Å². The zero-order chi connectivity index (χ0) is 11.7. The molecule has 2 aliphatic rings. The van der Waals surface area contributed by atoms with Gasteiger partial charge < -0.3 is 5.32 Å². The van der Waals surface area contributed by atoms with Gasteiger partial charge in [0.25, 0.3) is 0 Å². The van der Waals surface area contributed by atoms with Crippen LogP contribution in [-0.4, -0.2) is 36.1 Å². The van der Waals surface area contributed by atoms with Crippen LogP contribution >= 0.6 is 12.4 Å². The first kappa shape index (κ1) is 13.7. The summed E-state index contributed by atoms with van der Waals surface area (Å²) < 4.78 is 13.0. The van der Waals surface area contributed by atoms with E-state index in [0.717, 1.165) is 43.6 Å². The van der Waals surface area contributed by atoms with Crippen molar-refractivity contribution in [3.8, 4) is 0 Å². The highest BCUT2D eigenvalue weighted by atomic mass is 35.5. The molecule has 2 atom stereocenters. The Hall–Kier alpha value is -0.710. The summed E-state index contributed by atoms with van der Waals surface area (Å²) in [7, 11) is 0. The van der Waals surface area contributed by atoms with Crippen LogP contribution in [-0.2, 0) is 6.54 Å². The van der Waals surface area contributed by atoms with Crippen molar-refractivity contribution in [1.29, 1.82) is 0 Å². The van der Waals surface area contributed by atoms with Crippen LogP contribution in [0.15, 0.2) is 18.5 Å². The Morgan fingerprint density at radius 3 is 3.00 bits per heavy atom. The van der Waals surface area contributed by atoms with Gasteiger partial charge in [-0.05, 0) is 49.5 Å². The summed E-state index contributed by atoms with van der Waals surface area (Å²) in [6.45, 7) is 5.41. The number of hydrogen-bond donors (Lipinski definition) is 1. The van der Waals surface area contributed by atoms with Gasteiger partial charge in [-0.3, -0.25) is 9.88 Å². The van der Waals surface area contributed by atoms with E-state index in [9.17, 15) is 4.39 Å². The van der Waals surface area contributed by atoms with Gasteiger partial charge in [-0.2, -0.15) is 0 Å². The summed E-state index contributed by atoms with van der Waals surface area (Å²) in [5.41, 5.74) is 0.981. The number of aromatic nitrogens is 1. The van der Waals surface area contributed by atoms with Gasteiger partial charge in [0.2, 0.25) is 0 Å². The molecular weight excluding hydrogens is 253 g/mol. The lowest BCUT2D eigenvalue weighted by molar-refractivity contribution is 0.142. The number of likely N-dealkylation sites (tertiary alicyclic amines) is 1. The summed E-state index contributed by atoms with van der Waals surface area (Å²) in [6, 6.07) is 1.59. The highest BCUT2D eigenvalue weighted by Crippen LogP contribution is 2.27. The van der Waals surface area contributed by atoms with Gasteiger partial charge in [0.15, 0.2) is 0 Å². The topological polar surface area (TPSA) is 28.2 Å². The summed E-state index contributed by atoms with van der Waals surface area (Å²) in [6.07, 6.45) is 4.29. The highest BCUT2D eigenvalue weighted by molar-refractivity contribution is 5.85. The molecule has 1 aromatic rings. The van der Waals surface area contributed by atoms with Crippen molar-refractivity contribution in [2.24, 2.45) is 11.8 Å². The minimum absolute atomic E-state index is 0. The van der Waals surface area contributed by atoms with Crippen LogP contribution in [0.5, 0.6) is 0 Å². The average Bonchev–Trinajstić information content (AvgIpc) is 2.76. The smallest absolute Gasteiger partial charge is 0.141 e. The molecule has 0 spiro atoms. The quantitative estimate of drug-likeness (QED) is 0.887. The molecule has 0 aliphatic carbocycles. The van der Waals surface area contributed by atoms with Gasteiger partial charge in [-0.15, -0.1) is 12.4 Å². The average molecular weight is 272 g/mol. The SMILES string of the molecule is Cl.Fc1cncc(CN2CCC3CNCC3C2)c1. The van der Waals surface area contributed by atoms with E-state index >= 15 is 0 Å². The Balaban J connectivity index is 0.00000120. The van der Waals surface area contributed by atoms with E-state index < -0.39 is 0 Å². The van der Waals surface area contributed by atoms with E-state index in [-0.39, 0.29) is 18.2 Å². The normalized spacial score (nSPS) is 27.6. The van der Waals surface area contributed by atoms with Gasteiger partial charge in [-0.25, -0.2) is 4.39 Å². The van der Waals surface area contributed by atoms with Crippen molar-refractivity contribution in [2.45, 2.75) is 13.0 Å². The van der Waals surface area contributed by atoms with Crippen LogP contribution in [0.2, 0.25) is 0 Å². The van der Waals surface area contributed by atoms with Crippen molar-refractivity contribution in [1.82, 2.24) is 15.2 Å². The second-order valence-electron chi connectivity index (χ2n) is 5.21. The molecule has 3 nitrogen and oxygen atoms in total. The second-order valence-corrected chi connectivity index (χ2v) is 5.21. The maximum atomic E-state index is 13.0. The fourth-order valence-electron chi connectivity index (χ4n) is 3.05. The molecular formula is C13H19ClFN3. The fraction of sp³-hybridized carbons (Fsp3) is 0.615. The maximum absolute atomic E-state index is 13.0. The first-order valence-electron chi connectivity index (χ1n) is 6.34. The molecule has 1 aromatic heterocycles. The molecule has 18 heavy (non-hydrogen) atoms. The molecule has 3 rings (SSSR count). The van der Waals surface area contributed by atoms with E-state index in [1.165, 1.54) is 19.2 Å². The zero-order valence-corrected chi connectivity index (χ0v) is 11.1. The van der Waals surface area contributed by atoms with E-state index in [4.69, 9.17) is 0 Å². The molecule has 2 unspecified atom stereocenters. The van der Waals surface area contributed by atoms with Crippen LogP contribution < -0.4 is 5.32 Å². The molecule has 5 heteroatoms. The first-order chi connectivity index (χ1) is 8.31. The molecule has 2 aliphatic heterocycles. The Kier molecular flexibility index (Phi) is 4.54. The highest BCUT2D eigenvalue weighted by Gasteiger charge is 2.32. The van der Waals surface area contributed by atoms with E-state index in [0.29, 0.717) is 0 Å². The largest absolute Gasteiger partial charge is 0.316 e. The summed E-state index contributed by atoms with van der Waals surface area (Å²) in [5.74, 6) is 1.40. The lowest BCUT2D eigenvalue weighted by Crippen LogP contribution is -2.39. The van der Waals surface area contributed by atoms with Crippen LogP contribution in [0, 0.1) is 17.7 Å². The number of pyridine rings is 1. The maximum Gasteiger partial charge on any atom is 0.141 e. The van der Waals surface area contributed by atoms with E-state index in [2.05, 4.69) is 15.2 Å². The number of hydrogen-bond acceptors (Lipinski definition) is 3. The minimum atomic E-state index is -0.236. The molecule has 0 saturated carbocycles. The molecule has 2 saturated heterocycles. The predicted octanol–water partition coefficient (Wildman–Crippen LogP) is 1.68. The molecule has 0 amide bonds. The molecule has 3 heterocycles. The van der Waals surface area contributed by atoms with Crippen molar-refractivity contribution in [2.75, 3.05) is 26.2 Å². The summed E-state index contributed by atoms with van der Waals surface area (Å²) >= 11 is 0. The molecule has 0 bridgehead atoms. The zero-order valence-electron chi connectivity index (χ0n) is 10.3. The van der Waals surface area contributed by atoms with Crippen molar-refractivity contribution in [3.05, 3.63) is 29.8 Å². The van der Waals surface area contributed by atoms with Crippen LogP contribution in [0.3, 0.4) is 0 Å².